The second-order valence-corrected chi connectivity index (χ2v) is 12.7. The fraction of sp³-hybridized carbons (Fsp3) is 0.314. The van der Waals surface area contributed by atoms with Crippen molar-refractivity contribution in [3.8, 4) is 28.3 Å². The highest BCUT2D eigenvalue weighted by atomic mass is 35.5. The molecule has 1 amide bonds. The van der Waals surface area contributed by atoms with Crippen LogP contribution in [0.5, 0.6) is 5.88 Å². The van der Waals surface area contributed by atoms with Crippen LogP contribution in [0.15, 0.2) is 58.3 Å². The molecular formula is C35H35ClN8O4. The SMILES string of the molecule is COc1nc(-c2cccc(-c3cccc(Nc4nncc5c4c(=O)n(C)c(=O)n5C)c3C)c2Cl)cc2c1[C@@H](NC[C@H]1CCC(=O)N1)CC2. The second-order valence-electron chi connectivity index (χ2n) is 12.3. The fourth-order valence-corrected chi connectivity index (χ4v) is 7.18. The maximum atomic E-state index is 13.1. The molecule has 0 saturated carbocycles. The number of carbonyl (C=O) groups is 1. The minimum absolute atomic E-state index is 0.0881. The molecule has 13 heteroatoms. The third-order valence-electron chi connectivity index (χ3n) is 9.49. The highest BCUT2D eigenvalue weighted by Gasteiger charge is 2.30. The predicted molar refractivity (Wildman–Crippen MR) is 185 cm³/mol. The number of pyridine rings is 1. The van der Waals surface area contributed by atoms with Gasteiger partial charge in [0, 0.05) is 61.5 Å². The number of nitrogens with one attached hydrogen (secondary N) is 3. The minimum atomic E-state index is -0.461. The molecule has 7 rings (SSSR count). The molecule has 3 aromatic heterocycles. The van der Waals surface area contributed by atoms with E-state index in [1.165, 1.54) is 17.8 Å². The smallest absolute Gasteiger partial charge is 0.330 e. The number of aromatic nitrogens is 5. The summed E-state index contributed by atoms with van der Waals surface area (Å²) < 4.78 is 8.25. The van der Waals surface area contributed by atoms with Crippen molar-refractivity contribution >= 4 is 39.9 Å². The molecular weight excluding hydrogens is 632 g/mol. The van der Waals surface area contributed by atoms with Crippen molar-refractivity contribution in [2.75, 3.05) is 19.0 Å². The topological polar surface area (TPSA) is 145 Å². The zero-order valence-electron chi connectivity index (χ0n) is 27.1. The van der Waals surface area contributed by atoms with Crippen LogP contribution in [0.3, 0.4) is 0 Å². The first-order valence-electron chi connectivity index (χ1n) is 15.8. The van der Waals surface area contributed by atoms with E-state index in [1.54, 1.807) is 14.2 Å². The van der Waals surface area contributed by atoms with Gasteiger partial charge in [-0.1, -0.05) is 41.9 Å². The van der Waals surface area contributed by atoms with Gasteiger partial charge in [-0.2, -0.15) is 5.10 Å². The van der Waals surface area contributed by atoms with Gasteiger partial charge in [-0.15, -0.1) is 5.10 Å². The molecule has 0 unspecified atom stereocenters. The molecule has 1 fully saturated rings. The van der Waals surface area contributed by atoms with E-state index in [9.17, 15) is 14.4 Å². The average Bonchev–Trinajstić information content (AvgIpc) is 3.71. The van der Waals surface area contributed by atoms with Gasteiger partial charge in [-0.3, -0.25) is 18.7 Å². The molecule has 2 aromatic carbocycles. The van der Waals surface area contributed by atoms with E-state index in [-0.39, 0.29) is 29.2 Å². The van der Waals surface area contributed by atoms with Crippen LogP contribution < -0.4 is 31.9 Å². The Labute approximate surface area is 281 Å². The second kappa shape index (κ2) is 12.5. The Kier molecular flexibility index (Phi) is 8.22. The largest absolute Gasteiger partial charge is 0.481 e. The number of amides is 1. The first-order chi connectivity index (χ1) is 23.2. The number of ether oxygens (including phenoxy) is 1. The van der Waals surface area contributed by atoms with Gasteiger partial charge >= 0.3 is 5.69 Å². The van der Waals surface area contributed by atoms with E-state index in [4.69, 9.17) is 21.3 Å². The van der Waals surface area contributed by atoms with E-state index < -0.39 is 11.2 Å². The number of benzene rings is 2. The van der Waals surface area contributed by atoms with Crippen molar-refractivity contribution in [2.24, 2.45) is 14.1 Å². The summed E-state index contributed by atoms with van der Waals surface area (Å²) in [5.74, 6) is 0.922. The Morgan fingerprint density at radius 3 is 2.56 bits per heavy atom. The summed E-state index contributed by atoms with van der Waals surface area (Å²) in [4.78, 5) is 42.2. The molecule has 1 aliphatic heterocycles. The lowest BCUT2D eigenvalue weighted by atomic mass is 9.96. The van der Waals surface area contributed by atoms with Crippen LogP contribution >= 0.6 is 11.6 Å². The number of carbonyl (C=O) groups excluding carboxylic acids is 1. The summed E-state index contributed by atoms with van der Waals surface area (Å²) in [6, 6.07) is 14.0. The highest BCUT2D eigenvalue weighted by Crippen LogP contribution is 2.43. The molecule has 2 aliphatic rings. The standard InChI is InChI=1S/C35H35ClN8O4/c1-18-21(7-6-10-24(18)40-32-30-27(17-38-42-32)43(2)35(47)44(3)34(30)46)22-8-5-9-23(31(22)36)26-15-19-11-13-25(29(19)33(41-26)48-4)37-16-20-12-14-28(45)39-20/h5-10,15,17,20,25,37H,11-14,16H2,1-4H3,(H,39,45)(H,40,42)/t20-,25+/m1/s1. The lowest BCUT2D eigenvalue weighted by molar-refractivity contribution is -0.119. The van der Waals surface area contributed by atoms with Gasteiger partial charge in [0.2, 0.25) is 11.8 Å². The number of rotatable bonds is 8. The summed E-state index contributed by atoms with van der Waals surface area (Å²) in [7, 11) is 4.67. The summed E-state index contributed by atoms with van der Waals surface area (Å²) in [5, 5.41) is 19.0. The van der Waals surface area contributed by atoms with Crippen molar-refractivity contribution in [3.05, 3.63) is 91.2 Å². The van der Waals surface area contributed by atoms with Crippen LogP contribution in [0.25, 0.3) is 33.3 Å². The normalized spacial score (nSPS) is 17.1. The molecule has 2 atom stereocenters. The quantitative estimate of drug-likeness (QED) is 0.220. The predicted octanol–water partition coefficient (Wildman–Crippen LogP) is 4.33. The number of hydrogen-bond acceptors (Lipinski definition) is 9. The van der Waals surface area contributed by atoms with Gasteiger partial charge in [0.15, 0.2) is 5.82 Å². The van der Waals surface area contributed by atoms with E-state index in [2.05, 4.69) is 32.2 Å². The van der Waals surface area contributed by atoms with Crippen molar-refractivity contribution in [3.63, 3.8) is 0 Å². The monoisotopic (exact) mass is 666 g/mol. The highest BCUT2D eigenvalue weighted by molar-refractivity contribution is 6.36. The third kappa shape index (κ3) is 5.40. The van der Waals surface area contributed by atoms with Crippen LogP contribution in [0.4, 0.5) is 11.5 Å². The molecule has 4 heterocycles. The lowest BCUT2D eigenvalue weighted by Crippen LogP contribution is -2.37. The maximum absolute atomic E-state index is 13.1. The van der Waals surface area contributed by atoms with Crippen molar-refractivity contribution < 1.29 is 9.53 Å². The van der Waals surface area contributed by atoms with Gasteiger partial charge in [-0.05, 0) is 55.0 Å². The van der Waals surface area contributed by atoms with Gasteiger partial charge in [-0.25, -0.2) is 9.78 Å². The minimum Gasteiger partial charge on any atom is -0.481 e. The Morgan fingerprint density at radius 1 is 1.02 bits per heavy atom. The van der Waals surface area contributed by atoms with Crippen molar-refractivity contribution in [1.29, 1.82) is 0 Å². The molecule has 0 bridgehead atoms. The molecule has 246 valence electrons. The number of nitrogens with zero attached hydrogens (tertiary/aromatic N) is 5. The van der Waals surface area contributed by atoms with E-state index >= 15 is 0 Å². The summed E-state index contributed by atoms with van der Waals surface area (Å²) >= 11 is 7.17. The van der Waals surface area contributed by atoms with E-state index in [1.807, 2.05) is 43.3 Å². The number of fused-ring (bicyclic) bond motifs is 2. The first kappa shape index (κ1) is 31.5. The zero-order chi connectivity index (χ0) is 33.7. The average molecular weight is 667 g/mol. The maximum Gasteiger partial charge on any atom is 0.330 e. The molecule has 1 aliphatic carbocycles. The molecule has 12 nitrogen and oxygen atoms in total. The van der Waals surface area contributed by atoms with Gasteiger partial charge in [0.05, 0.1) is 29.5 Å². The summed E-state index contributed by atoms with van der Waals surface area (Å²) in [6.45, 7) is 2.67. The number of aryl methyl sites for hydroxylation is 2. The zero-order valence-corrected chi connectivity index (χ0v) is 27.8. The van der Waals surface area contributed by atoms with Crippen molar-refractivity contribution in [2.45, 2.75) is 44.7 Å². The molecule has 5 aromatic rings. The molecule has 0 radical (unpaired) electrons. The molecule has 0 spiro atoms. The van der Waals surface area contributed by atoms with Gasteiger partial charge in [0.1, 0.15) is 5.39 Å². The van der Waals surface area contributed by atoms with E-state index in [0.29, 0.717) is 35.1 Å². The van der Waals surface area contributed by atoms with Gasteiger partial charge < -0.3 is 20.7 Å². The molecule has 1 saturated heterocycles. The lowest BCUT2D eigenvalue weighted by Gasteiger charge is -2.20. The number of halogens is 1. The molecule has 48 heavy (non-hydrogen) atoms. The Bertz CT molecular complexity index is 2230. The molecule has 3 N–H and O–H groups in total. The van der Waals surface area contributed by atoms with E-state index in [0.717, 1.165) is 62.9 Å². The number of anilines is 2. The van der Waals surface area contributed by atoms with Crippen LogP contribution in [0, 0.1) is 6.92 Å². The number of hydrogen-bond donors (Lipinski definition) is 3. The Balaban J connectivity index is 1.22. The fourth-order valence-electron chi connectivity index (χ4n) is 6.86. The number of methoxy groups -OCH3 is 1. The Hall–Kier alpha value is -5.07. The van der Waals surface area contributed by atoms with Crippen molar-refractivity contribution in [1.82, 2.24) is 34.9 Å². The van der Waals surface area contributed by atoms with Crippen LogP contribution in [-0.2, 0) is 25.3 Å². The van der Waals surface area contributed by atoms with Gasteiger partial charge in [0.25, 0.3) is 5.56 Å². The van der Waals surface area contributed by atoms with Crippen LogP contribution in [0.1, 0.15) is 42.0 Å². The van der Waals surface area contributed by atoms with Crippen LogP contribution in [0.2, 0.25) is 5.02 Å². The van der Waals surface area contributed by atoms with Crippen LogP contribution in [-0.4, -0.2) is 49.9 Å². The summed E-state index contributed by atoms with van der Waals surface area (Å²) in [6.07, 6.45) is 4.60. The third-order valence-corrected chi connectivity index (χ3v) is 9.89. The Morgan fingerprint density at radius 2 is 1.79 bits per heavy atom. The summed E-state index contributed by atoms with van der Waals surface area (Å²) in [5.41, 5.74) is 6.48. The first-order valence-corrected chi connectivity index (χ1v) is 16.2.